The van der Waals surface area contributed by atoms with Crippen molar-refractivity contribution in [3.63, 3.8) is 0 Å². The summed E-state index contributed by atoms with van der Waals surface area (Å²) in [6.45, 7) is 2.05. The maximum absolute atomic E-state index is 11.7. The Labute approximate surface area is 112 Å². The number of carbonyl (C=O) groups excluding carboxylic acids is 1. The minimum Gasteiger partial charge on any atom is -0.484 e. The summed E-state index contributed by atoms with van der Waals surface area (Å²) in [5.41, 5.74) is 1.18. The summed E-state index contributed by atoms with van der Waals surface area (Å²) in [6.07, 6.45) is 4.33. The number of aryl methyl sites for hydroxylation is 2. The lowest BCUT2D eigenvalue weighted by molar-refractivity contribution is -0.118. The Bertz CT molecular complexity index is 563. The number of nitrogens with zero attached hydrogens (tertiary/aromatic N) is 2. The van der Waals surface area contributed by atoms with Crippen LogP contribution in [0.4, 0.5) is 5.95 Å². The quantitative estimate of drug-likeness (QED) is 0.893. The second-order valence-corrected chi connectivity index (χ2v) is 4.20. The average Bonchev–Trinajstić information content (AvgIpc) is 2.82. The predicted octanol–water partition coefficient (Wildman–Crippen LogP) is 2.00. The first-order chi connectivity index (χ1) is 9.19. The van der Waals surface area contributed by atoms with Gasteiger partial charge in [0, 0.05) is 19.4 Å². The van der Waals surface area contributed by atoms with Gasteiger partial charge in [-0.3, -0.25) is 10.1 Å². The van der Waals surface area contributed by atoms with E-state index in [0.717, 1.165) is 6.42 Å². The highest BCUT2D eigenvalue weighted by molar-refractivity contribution is 5.90. The van der Waals surface area contributed by atoms with E-state index in [4.69, 9.17) is 4.74 Å². The molecule has 0 unspecified atom stereocenters. The number of carbonyl (C=O) groups is 1. The van der Waals surface area contributed by atoms with E-state index in [-0.39, 0.29) is 12.5 Å². The summed E-state index contributed by atoms with van der Waals surface area (Å²) < 4.78 is 7.18. The number of amides is 1. The Kier molecular flexibility index (Phi) is 4.18. The number of rotatable bonds is 5. The molecule has 100 valence electrons. The third-order valence-electron chi connectivity index (χ3n) is 2.75. The fourth-order valence-electron chi connectivity index (χ4n) is 1.65. The molecule has 1 aromatic carbocycles. The van der Waals surface area contributed by atoms with Crippen LogP contribution in [-0.2, 0) is 18.3 Å². The molecular formula is C14H17N3O2. The minimum absolute atomic E-state index is 0.0278. The van der Waals surface area contributed by atoms with Gasteiger partial charge in [-0.05, 0) is 24.1 Å². The zero-order chi connectivity index (χ0) is 13.7. The first-order valence-electron chi connectivity index (χ1n) is 6.18. The molecule has 1 aromatic heterocycles. The molecular weight excluding hydrogens is 242 g/mol. The van der Waals surface area contributed by atoms with Gasteiger partial charge in [-0.15, -0.1) is 0 Å². The highest BCUT2D eigenvalue weighted by Gasteiger charge is 2.06. The topological polar surface area (TPSA) is 56.1 Å². The lowest BCUT2D eigenvalue weighted by Crippen LogP contribution is -2.21. The van der Waals surface area contributed by atoms with Gasteiger partial charge in [-0.2, -0.15) is 0 Å². The van der Waals surface area contributed by atoms with Crippen LogP contribution in [-0.4, -0.2) is 22.1 Å². The van der Waals surface area contributed by atoms with Crippen molar-refractivity contribution in [2.45, 2.75) is 13.3 Å². The standard InChI is InChI=1S/C14H17N3O2/c1-3-11-5-4-6-12(9-11)19-10-13(18)16-14-15-7-8-17(14)2/h4-9H,3,10H2,1-2H3,(H,15,16,18). The Morgan fingerprint density at radius 3 is 3.00 bits per heavy atom. The summed E-state index contributed by atoms with van der Waals surface area (Å²) >= 11 is 0. The van der Waals surface area contributed by atoms with Crippen LogP contribution in [0.15, 0.2) is 36.7 Å². The maximum Gasteiger partial charge on any atom is 0.264 e. The zero-order valence-electron chi connectivity index (χ0n) is 11.1. The van der Waals surface area contributed by atoms with Crippen LogP contribution in [0.5, 0.6) is 5.75 Å². The molecule has 0 spiro atoms. The molecule has 0 radical (unpaired) electrons. The van der Waals surface area contributed by atoms with Crippen molar-refractivity contribution in [2.75, 3.05) is 11.9 Å². The molecule has 0 atom stereocenters. The van der Waals surface area contributed by atoms with E-state index in [1.54, 1.807) is 17.0 Å². The van der Waals surface area contributed by atoms with Gasteiger partial charge in [0.05, 0.1) is 0 Å². The third-order valence-corrected chi connectivity index (χ3v) is 2.75. The number of benzene rings is 1. The van der Waals surface area contributed by atoms with Crippen molar-refractivity contribution in [1.29, 1.82) is 0 Å². The fraction of sp³-hybridized carbons (Fsp3) is 0.286. The summed E-state index contributed by atoms with van der Waals surface area (Å²) in [4.78, 5) is 15.7. The van der Waals surface area contributed by atoms with Gasteiger partial charge in [0.1, 0.15) is 5.75 Å². The normalized spacial score (nSPS) is 10.2. The van der Waals surface area contributed by atoms with Crippen molar-refractivity contribution in [3.05, 3.63) is 42.2 Å². The molecule has 1 heterocycles. The fourth-order valence-corrected chi connectivity index (χ4v) is 1.65. The Morgan fingerprint density at radius 2 is 2.32 bits per heavy atom. The number of hydrogen-bond donors (Lipinski definition) is 1. The second kappa shape index (κ2) is 6.04. The molecule has 0 aliphatic heterocycles. The molecule has 0 fully saturated rings. The number of anilines is 1. The molecule has 5 nitrogen and oxygen atoms in total. The van der Waals surface area contributed by atoms with Gasteiger partial charge in [0.15, 0.2) is 6.61 Å². The van der Waals surface area contributed by atoms with E-state index in [0.29, 0.717) is 11.7 Å². The van der Waals surface area contributed by atoms with E-state index in [1.807, 2.05) is 31.3 Å². The minimum atomic E-state index is -0.226. The Balaban J connectivity index is 1.88. The molecule has 0 bridgehead atoms. The zero-order valence-corrected chi connectivity index (χ0v) is 11.1. The first kappa shape index (κ1) is 13.1. The lowest BCUT2D eigenvalue weighted by atomic mass is 10.2. The Hall–Kier alpha value is -2.30. The molecule has 1 amide bonds. The smallest absolute Gasteiger partial charge is 0.264 e. The maximum atomic E-state index is 11.7. The van der Waals surface area contributed by atoms with Crippen molar-refractivity contribution in [2.24, 2.45) is 7.05 Å². The molecule has 0 aliphatic carbocycles. The Morgan fingerprint density at radius 1 is 1.47 bits per heavy atom. The highest BCUT2D eigenvalue weighted by atomic mass is 16.5. The summed E-state index contributed by atoms with van der Waals surface area (Å²) in [5.74, 6) is 0.987. The number of imidazole rings is 1. The van der Waals surface area contributed by atoms with E-state index in [9.17, 15) is 4.79 Å². The highest BCUT2D eigenvalue weighted by Crippen LogP contribution is 2.13. The summed E-state index contributed by atoms with van der Waals surface area (Å²) in [7, 11) is 1.81. The van der Waals surface area contributed by atoms with Gasteiger partial charge >= 0.3 is 0 Å². The van der Waals surface area contributed by atoms with Crippen LogP contribution >= 0.6 is 0 Å². The predicted molar refractivity (Wildman–Crippen MR) is 73.2 cm³/mol. The van der Waals surface area contributed by atoms with Crippen LogP contribution in [0.25, 0.3) is 0 Å². The van der Waals surface area contributed by atoms with Crippen LogP contribution < -0.4 is 10.1 Å². The van der Waals surface area contributed by atoms with Crippen LogP contribution in [0, 0.1) is 0 Å². The SMILES string of the molecule is CCc1cccc(OCC(=O)Nc2nccn2C)c1. The molecule has 2 rings (SSSR count). The molecule has 0 aliphatic rings. The summed E-state index contributed by atoms with van der Waals surface area (Å²) in [6, 6.07) is 7.73. The van der Waals surface area contributed by atoms with Gasteiger partial charge in [0.25, 0.3) is 5.91 Å². The molecule has 0 saturated heterocycles. The lowest BCUT2D eigenvalue weighted by Gasteiger charge is -2.08. The van der Waals surface area contributed by atoms with Crippen molar-refractivity contribution in [3.8, 4) is 5.75 Å². The van der Waals surface area contributed by atoms with Crippen LogP contribution in [0.3, 0.4) is 0 Å². The van der Waals surface area contributed by atoms with Gasteiger partial charge < -0.3 is 9.30 Å². The molecule has 1 N–H and O–H groups in total. The van der Waals surface area contributed by atoms with Gasteiger partial charge in [0.2, 0.25) is 5.95 Å². The number of ether oxygens (including phenoxy) is 1. The van der Waals surface area contributed by atoms with Gasteiger partial charge in [-0.25, -0.2) is 4.98 Å². The third kappa shape index (κ3) is 3.58. The monoisotopic (exact) mass is 259 g/mol. The number of hydrogen-bond acceptors (Lipinski definition) is 3. The van der Waals surface area contributed by atoms with Crippen LogP contribution in [0.2, 0.25) is 0 Å². The van der Waals surface area contributed by atoms with Gasteiger partial charge in [-0.1, -0.05) is 19.1 Å². The van der Waals surface area contributed by atoms with Crippen LogP contribution in [0.1, 0.15) is 12.5 Å². The van der Waals surface area contributed by atoms with E-state index in [2.05, 4.69) is 17.2 Å². The number of aromatic nitrogens is 2. The largest absolute Gasteiger partial charge is 0.484 e. The average molecular weight is 259 g/mol. The van der Waals surface area contributed by atoms with E-state index in [1.165, 1.54) is 5.56 Å². The van der Waals surface area contributed by atoms with Crippen molar-refractivity contribution >= 4 is 11.9 Å². The molecule has 5 heteroatoms. The van der Waals surface area contributed by atoms with E-state index < -0.39 is 0 Å². The summed E-state index contributed by atoms with van der Waals surface area (Å²) in [5, 5.41) is 2.68. The first-order valence-corrected chi connectivity index (χ1v) is 6.18. The number of nitrogens with one attached hydrogen (secondary N) is 1. The molecule has 0 saturated carbocycles. The van der Waals surface area contributed by atoms with Crippen molar-refractivity contribution in [1.82, 2.24) is 9.55 Å². The molecule has 19 heavy (non-hydrogen) atoms. The van der Waals surface area contributed by atoms with E-state index >= 15 is 0 Å². The second-order valence-electron chi connectivity index (χ2n) is 4.20. The van der Waals surface area contributed by atoms with Crippen molar-refractivity contribution < 1.29 is 9.53 Å². The molecule has 2 aromatic rings.